The van der Waals surface area contributed by atoms with Gasteiger partial charge in [0.05, 0.1) is 5.25 Å². The third-order valence-corrected chi connectivity index (χ3v) is 3.76. The lowest BCUT2D eigenvalue weighted by Gasteiger charge is -2.03. The summed E-state index contributed by atoms with van der Waals surface area (Å²) in [7, 11) is 0. The van der Waals surface area contributed by atoms with Crippen molar-refractivity contribution in [2.75, 3.05) is 0 Å². The number of nitrogens with two attached hydrogens (primary N) is 1. The van der Waals surface area contributed by atoms with Crippen molar-refractivity contribution in [3.05, 3.63) is 24.3 Å². The van der Waals surface area contributed by atoms with E-state index < -0.39 is 5.91 Å². The van der Waals surface area contributed by atoms with Gasteiger partial charge in [-0.3, -0.25) is 4.79 Å². The predicted octanol–water partition coefficient (Wildman–Crippen LogP) is 1.47. The number of amides is 1. The number of nitrogens with zero attached hydrogens (tertiary/aromatic N) is 3. The monoisotopic (exact) mass is 273 g/mol. The molecular weight excluding hydrogens is 262 g/mol. The third kappa shape index (κ3) is 2.12. The number of thioether (sulfide) groups is 1. The molecule has 19 heavy (non-hydrogen) atoms. The molecular formula is C12H11N5OS. The van der Waals surface area contributed by atoms with Crippen LogP contribution < -0.4 is 5.73 Å². The Kier molecular flexibility index (Phi) is 2.83. The number of hydrogen-bond donors (Lipinski definition) is 2. The number of H-pyrrole nitrogens is 1. The largest absolute Gasteiger partial charge is 0.369 e. The van der Waals surface area contributed by atoms with Crippen LogP contribution in [-0.4, -0.2) is 31.3 Å². The molecule has 6 nitrogen and oxygen atoms in total. The zero-order valence-corrected chi connectivity index (χ0v) is 10.9. The molecule has 0 aliphatic carbocycles. The second-order valence-corrected chi connectivity index (χ2v) is 5.43. The summed E-state index contributed by atoms with van der Waals surface area (Å²) in [6.07, 6.45) is 0. The Morgan fingerprint density at radius 1 is 1.37 bits per heavy atom. The fourth-order valence-corrected chi connectivity index (χ4v) is 2.44. The van der Waals surface area contributed by atoms with E-state index in [0.29, 0.717) is 10.8 Å². The van der Waals surface area contributed by atoms with Crippen molar-refractivity contribution in [2.24, 2.45) is 5.73 Å². The van der Waals surface area contributed by atoms with Gasteiger partial charge < -0.3 is 10.7 Å². The molecule has 3 aromatic rings. The Labute approximate surface area is 112 Å². The molecule has 7 heteroatoms. The number of fused-ring (bicyclic) bond motifs is 3. The highest BCUT2D eigenvalue weighted by Crippen LogP contribution is 2.24. The van der Waals surface area contributed by atoms with E-state index in [9.17, 15) is 4.79 Å². The Bertz CT molecular complexity index is 769. The molecule has 0 bridgehead atoms. The van der Waals surface area contributed by atoms with Crippen LogP contribution in [0.1, 0.15) is 6.92 Å². The summed E-state index contributed by atoms with van der Waals surface area (Å²) >= 11 is 1.20. The number of hydrogen-bond acceptors (Lipinski definition) is 5. The van der Waals surface area contributed by atoms with Gasteiger partial charge in [-0.15, -0.1) is 10.2 Å². The van der Waals surface area contributed by atoms with E-state index in [2.05, 4.69) is 20.2 Å². The molecule has 3 N–H and O–H groups in total. The highest BCUT2D eigenvalue weighted by Gasteiger charge is 2.14. The molecule has 0 saturated heterocycles. The van der Waals surface area contributed by atoms with Crippen molar-refractivity contribution < 1.29 is 4.79 Å². The average molecular weight is 273 g/mol. The molecule has 1 atom stereocenters. The maximum Gasteiger partial charge on any atom is 0.230 e. The SMILES string of the molecule is C[C@H](Sc1nnc2c(n1)[nH]c1ccccc12)C(N)=O. The molecule has 2 aromatic heterocycles. The van der Waals surface area contributed by atoms with Gasteiger partial charge in [0.2, 0.25) is 11.1 Å². The van der Waals surface area contributed by atoms with Gasteiger partial charge in [0, 0.05) is 10.9 Å². The minimum Gasteiger partial charge on any atom is -0.369 e. The molecule has 0 radical (unpaired) electrons. The quantitative estimate of drug-likeness (QED) is 0.704. The molecule has 96 valence electrons. The maximum atomic E-state index is 11.0. The average Bonchev–Trinajstić information content (AvgIpc) is 2.76. The highest BCUT2D eigenvalue weighted by molar-refractivity contribution is 8.00. The van der Waals surface area contributed by atoms with Gasteiger partial charge >= 0.3 is 0 Å². The van der Waals surface area contributed by atoms with Gasteiger partial charge in [0.25, 0.3) is 0 Å². The first kappa shape index (κ1) is 11.9. The first-order valence-corrected chi connectivity index (χ1v) is 6.60. The van der Waals surface area contributed by atoms with Gasteiger partial charge in [-0.05, 0) is 13.0 Å². The number of benzene rings is 1. The predicted molar refractivity (Wildman–Crippen MR) is 73.7 cm³/mol. The molecule has 0 spiro atoms. The van der Waals surface area contributed by atoms with Crippen molar-refractivity contribution in [1.82, 2.24) is 20.2 Å². The second kappa shape index (κ2) is 4.51. The van der Waals surface area contributed by atoms with E-state index in [1.54, 1.807) is 6.92 Å². The van der Waals surface area contributed by atoms with Gasteiger partial charge in [-0.25, -0.2) is 4.98 Å². The van der Waals surface area contributed by atoms with Crippen LogP contribution in [0.5, 0.6) is 0 Å². The number of aromatic amines is 1. The molecule has 0 aliphatic rings. The highest BCUT2D eigenvalue weighted by atomic mass is 32.2. The van der Waals surface area contributed by atoms with Crippen molar-refractivity contribution in [3.63, 3.8) is 0 Å². The number of para-hydroxylation sites is 1. The van der Waals surface area contributed by atoms with Crippen LogP contribution in [0.2, 0.25) is 0 Å². The summed E-state index contributed by atoms with van der Waals surface area (Å²) in [5.74, 6) is -0.398. The number of rotatable bonds is 3. The van der Waals surface area contributed by atoms with E-state index in [1.165, 1.54) is 11.8 Å². The van der Waals surface area contributed by atoms with E-state index in [1.807, 2.05) is 24.3 Å². The van der Waals surface area contributed by atoms with Crippen LogP contribution in [0, 0.1) is 0 Å². The second-order valence-electron chi connectivity index (χ2n) is 4.12. The van der Waals surface area contributed by atoms with Crippen molar-refractivity contribution >= 4 is 39.7 Å². The lowest BCUT2D eigenvalue weighted by atomic mass is 10.2. The molecule has 2 heterocycles. The van der Waals surface area contributed by atoms with E-state index in [-0.39, 0.29) is 5.25 Å². The Hall–Kier alpha value is -2.15. The fourth-order valence-electron chi connectivity index (χ4n) is 1.77. The Morgan fingerprint density at radius 3 is 2.95 bits per heavy atom. The lowest BCUT2D eigenvalue weighted by molar-refractivity contribution is -0.117. The standard InChI is InChI=1S/C12H11N5OS/c1-6(10(13)18)19-12-15-11-9(16-17-12)7-4-2-3-5-8(7)14-11/h2-6H,1H3,(H2,13,18)(H,14,15,17)/t6-/m0/s1. The first-order chi connectivity index (χ1) is 9.15. The van der Waals surface area contributed by atoms with E-state index in [0.717, 1.165) is 16.4 Å². The molecule has 0 aliphatic heterocycles. The van der Waals surface area contributed by atoms with Crippen LogP contribution in [0.4, 0.5) is 0 Å². The van der Waals surface area contributed by atoms with Crippen molar-refractivity contribution in [1.29, 1.82) is 0 Å². The van der Waals surface area contributed by atoms with Crippen LogP contribution in [0.3, 0.4) is 0 Å². The number of carbonyl (C=O) groups excluding carboxylic acids is 1. The summed E-state index contributed by atoms with van der Waals surface area (Å²) in [6, 6.07) is 7.80. The van der Waals surface area contributed by atoms with Crippen LogP contribution in [0.15, 0.2) is 29.4 Å². The van der Waals surface area contributed by atoms with Gasteiger partial charge in [-0.2, -0.15) is 0 Å². The maximum absolute atomic E-state index is 11.0. The Morgan fingerprint density at radius 2 is 2.16 bits per heavy atom. The first-order valence-electron chi connectivity index (χ1n) is 5.72. The minimum atomic E-state index is -0.398. The van der Waals surface area contributed by atoms with Crippen molar-refractivity contribution in [3.8, 4) is 0 Å². The number of nitrogens with one attached hydrogen (secondary N) is 1. The van der Waals surface area contributed by atoms with Gasteiger partial charge in [0.1, 0.15) is 5.52 Å². The zero-order chi connectivity index (χ0) is 13.4. The lowest BCUT2D eigenvalue weighted by Crippen LogP contribution is -2.22. The number of primary amides is 1. The number of carbonyl (C=O) groups is 1. The summed E-state index contributed by atoms with van der Waals surface area (Å²) in [6.45, 7) is 1.71. The molecule has 1 aromatic carbocycles. The van der Waals surface area contributed by atoms with Gasteiger partial charge in [0.15, 0.2) is 5.65 Å². The molecule has 3 rings (SSSR count). The van der Waals surface area contributed by atoms with Crippen LogP contribution in [0.25, 0.3) is 22.1 Å². The fraction of sp³-hybridized carbons (Fsp3) is 0.167. The zero-order valence-electron chi connectivity index (χ0n) is 10.1. The van der Waals surface area contributed by atoms with Crippen LogP contribution >= 0.6 is 11.8 Å². The summed E-state index contributed by atoms with van der Waals surface area (Å²) < 4.78 is 0. The molecule has 0 unspecified atom stereocenters. The third-order valence-electron chi connectivity index (χ3n) is 2.79. The van der Waals surface area contributed by atoms with Crippen LogP contribution in [-0.2, 0) is 4.79 Å². The molecule has 0 fully saturated rings. The topological polar surface area (TPSA) is 97.6 Å². The normalized spacial score (nSPS) is 12.9. The summed E-state index contributed by atoms with van der Waals surface area (Å²) in [4.78, 5) is 18.6. The van der Waals surface area contributed by atoms with E-state index >= 15 is 0 Å². The minimum absolute atomic E-state index is 0.386. The van der Waals surface area contributed by atoms with Gasteiger partial charge in [-0.1, -0.05) is 30.0 Å². The van der Waals surface area contributed by atoms with E-state index in [4.69, 9.17) is 5.73 Å². The molecule has 1 amide bonds. The smallest absolute Gasteiger partial charge is 0.230 e. The summed E-state index contributed by atoms with van der Waals surface area (Å²) in [5.41, 5.74) is 7.57. The Balaban J connectivity index is 2.06. The number of aromatic nitrogens is 4. The molecule has 0 saturated carbocycles. The summed E-state index contributed by atoms with van der Waals surface area (Å²) in [5, 5.41) is 9.22. The van der Waals surface area contributed by atoms with Crippen molar-refractivity contribution in [2.45, 2.75) is 17.3 Å².